The van der Waals surface area contributed by atoms with Gasteiger partial charge in [0.05, 0.1) is 0 Å². The van der Waals surface area contributed by atoms with Crippen LogP contribution in [0.1, 0.15) is 107 Å². The van der Waals surface area contributed by atoms with Gasteiger partial charge < -0.3 is 4.18 Å². The molecule has 32 heavy (non-hydrogen) atoms. The maximum atomic E-state index is 13.6. The van der Waals surface area contributed by atoms with Gasteiger partial charge in [0.15, 0.2) is 0 Å². The first-order valence-electron chi connectivity index (χ1n) is 10.8. The molecule has 1 rings (SSSR count). The van der Waals surface area contributed by atoms with E-state index in [4.69, 9.17) is 4.18 Å². The molecule has 1 N–H and O–H groups in total. The second-order valence-corrected chi connectivity index (χ2v) is 16.7. The Morgan fingerprint density at radius 2 is 0.969 bits per heavy atom. The Bertz CT molecular complexity index is 1040. The summed E-state index contributed by atoms with van der Waals surface area (Å²) in [5.74, 6) is 0.220. The van der Waals surface area contributed by atoms with Gasteiger partial charge in [-0.25, -0.2) is 0 Å². The third kappa shape index (κ3) is 5.33. The molecular formula is C24H42O6S2. The molecule has 0 fully saturated rings. The summed E-state index contributed by atoms with van der Waals surface area (Å²) in [7, 11) is -9.20. The van der Waals surface area contributed by atoms with E-state index in [0.717, 1.165) is 16.7 Å². The van der Waals surface area contributed by atoms with Gasteiger partial charge in [0.25, 0.3) is 10.1 Å². The summed E-state index contributed by atoms with van der Waals surface area (Å²) in [5, 5.41) is 0. The molecule has 0 radical (unpaired) electrons. The summed E-state index contributed by atoms with van der Waals surface area (Å²) in [4.78, 5) is 0. The third-order valence-electron chi connectivity index (χ3n) is 6.48. The van der Waals surface area contributed by atoms with Crippen LogP contribution in [0.25, 0.3) is 0 Å². The Balaban J connectivity index is 4.01. The van der Waals surface area contributed by atoms with E-state index in [1.807, 2.05) is 53.7 Å². The molecule has 0 bridgehead atoms. The van der Waals surface area contributed by atoms with E-state index in [9.17, 15) is 21.4 Å². The van der Waals surface area contributed by atoms with E-state index in [2.05, 4.69) is 20.8 Å². The summed E-state index contributed by atoms with van der Waals surface area (Å²) >= 11 is 0. The van der Waals surface area contributed by atoms with Gasteiger partial charge in [-0.2, -0.15) is 16.8 Å². The van der Waals surface area contributed by atoms with E-state index in [1.54, 1.807) is 0 Å². The highest BCUT2D eigenvalue weighted by atomic mass is 32.2. The topological polar surface area (TPSA) is 97.7 Å². The lowest BCUT2D eigenvalue weighted by molar-refractivity contribution is 0.367. The molecule has 0 aliphatic rings. The van der Waals surface area contributed by atoms with E-state index in [1.165, 1.54) is 27.7 Å². The van der Waals surface area contributed by atoms with Crippen molar-refractivity contribution in [2.24, 2.45) is 0 Å². The number of rotatable bonds is 5. The summed E-state index contributed by atoms with van der Waals surface area (Å²) in [6.07, 6.45) is 0. The molecule has 0 saturated heterocycles. The number of hydrogen-bond acceptors (Lipinski definition) is 5. The monoisotopic (exact) mass is 490 g/mol. The summed E-state index contributed by atoms with van der Waals surface area (Å²) in [5.41, 5.74) is 1.42. The van der Waals surface area contributed by atoms with Crippen LogP contribution in [0.4, 0.5) is 0 Å². The van der Waals surface area contributed by atoms with Gasteiger partial charge in [-0.15, -0.1) is 0 Å². The van der Waals surface area contributed by atoms with Crippen LogP contribution >= 0.6 is 0 Å². The largest absolute Gasteiger partial charge is 0.381 e. The first-order valence-corrected chi connectivity index (χ1v) is 13.6. The Hall–Kier alpha value is -1.12. The zero-order chi connectivity index (χ0) is 25.9. The summed E-state index contributed by atoms with van der Waals surface area (Å²) in [6, 6.07) is 3.95. The second kappa shape index (κ2) is 7.98. The van der Waals surface area contributed by atoms with Crippen LogP contribution in [-0.2, 0) is 36.5 Å². The molecule has 0 heterocycles. The van der Waals surface area contributed by atoms with Crippen molar-refractivity contribution in [3.63, 3.8) is 0 Å². The van der Waals surface area contributed by atoms with Crippen LogP contribution in [0.15, 0.2) is 12.1 Å². The van der Waals surface area contributed by atoms with E-state index >= 15 is 0 Å². The predicted molar refractivity (Wildman–Crippen MR) is 132 cm³/mol. The maximum Gasteiger partial charge on any atom is 0.316 e. The SMILES string of the molecule is CC(C)(C)c1cc(C(C)(C)C)c(OS(=O)(=O)C(C)(C)C(C)(C)S(=O)(=O)O)c(C(C)(C)C)c1. The fourth-order valence-corrected chi connectivity index (χ4v) is 5.54. The Morgan fingerprint density at radius 1 is 0.625 bits per heavy atom. The minimum atomic E-state index is -4.70. The Kier molecular flexibility index (Phi) is 7.21. The minimum absolute atomic E-state index is 0.177. The van der Waals surface area contributed by atoms with Crippen molar-refractivity contribution in [2.45, 2.75) is 116 Å². The molecule has 0 unspecified atom stereocenters. The molecule has 6 nitrogen and oxygen atoms in total. The number of benzene rings is 1. The zero-order valence-electron chi connectivity index (χ0n) is 22.0. The van der Waals surface area contributed by atoms with Crippen LogP contribution in [0.5, 0.6) is 5.75 Å². The molecule has 0 atom stereocenters. The second-order valence-electron chi connectivity index (χ2n) is 12.7. The molecule has 186 valence electrons. The van der Waals surface area contributed by atoms with E-state index in [-0.39, 0.29) is 11.2 Å². The zero-order valence-corrected chi connectivity index (χ0v) is 23.6. The molecule has 0 aliphatic carbocycles. The van der Waals surface area contributed by atoms with E-state index < -0.39 is 40.6 Å². The maximum absolute atomic E-state index is 13.6. The van der Waals surface area contributed by atoms with Crippen LogP contribution < -0.4 is 4.18 Å². The first-order chi connectivity index (χ1) is 13.7. The van der Waals surface area contributed by atoms with Gasteiger partial charge in [0.1, 0.15) is 15.2 Å². The van der Waals surface area contributed by atoms with Gasteiger partial charge in [0, 0.05) is 11.1 Å². The van der Waals surface area contributed by atoms with E-state index in [0.29, 0.717) is 0 Å². The van der Waals surface area contributed by atoms with Crippen molar-refractivity contribution in [1.82, 2.24) is 0 Å². The number of hydrogen-bond donors (Lipinski definition) is 1. The van der Waals surface area contributed by atoms with Crippen molar-refractivity contribution >= 4 is 20.2 Å². The molecule has 1 aromatic carbocycles. The fourth-order valence-electron chi connectivity index (χ4n) is 3.09. The lowest BCUT2D eigenvalue weighted by Gasteiger charge is -2.38. The smallest absolute Gasteiger partial charge is 0.316 e. The molecule has 8 heteroatoms. The molecule has 0 aliphatic heterocycles. The van der Waals surface area contributed by atoms with Crippen LogP contribution in [0.3, 0.4) is 0 Å². The van der Waals surface area contributed by atoms with Gasteiger partial charge >= 0.3 is 10.1 Å². The summed E-state index contributed by atoms with van der Waals surface area (Å²) in [6.45, 7) is 23.0. The quantitative estimate of drug-likeness (QED) is 0.418. The highest BCUT2D eigenvalue weighted by Crippen LogP contribution is 2.45. The molecule has 0 amide bonds. The van der Waals surface area contributed by atoms with Crippen molar-refractivity contribution in [3.05, 3.63) is 28.8 Å². The van der Waals surface area contributed by atoms with Crippen molar-refractivity contribution in [2.75, 3.05) is 0 Å². The first kappa shape index (κ1) is 28.9. The molecule has 0 aromatic heterocycles. The van der Waals surface area contributed by atoms with Crippen molar-refractivity contribution in [1.29, 1.82) is 0 Å². The summed E-state index contributed by atoms with van der Waals surface area (Å²) < 4.78 is 62.8. The third-order valence-corrected chi connectivity index (χ3v) is 10.6. The highest BCUT2D eigenvalue weighted by molar-refractivity contribution is 7.92. The lowest BCUT2D eigenvalue weighted by atomic mass is 9.75. The van der Waals surface area contributed by atoms with Gasteiger partial charge in [0.2, 0.25) is 0 Å². The average molecular weight is 491 g/mol. The Morgan fingerprint density at radius 3 is 1.22 bits per heavy atom. The van der Waals surface area contributed by atoms with Crippen LogP contribution in [0, 0.1) is 0 Å². The fraction of sp³-hybridized carbons (Fsp3) is 0.750. The normalized spacial score (nSPS) is 15.1. The van der Waals surface area contributed by atoms with Gasteiger partial charge in [-0.05, 0) is 49.5 Å². The molecular weight excluding hydrogens is 448 g/mol. The van der Waals surface area contributed by atoms with Crippen molar-refractivity contribution < 1.29 is 25.6 Å². The lowest BCUT2D eigenvalue weighted by Crippen LogP contribution is -2.57. The minimum Gasteiger partial charge on any atom is -0.381 e. The predicted octanol–water partition coefficient (Wildman–Crippen LogP) is 5.73. The van der Waals surface area contributed by atoms with Crippen LogP contribution in [-0.4, -0.2) is 30.9 Å². The van der Waals surface area contributed by atoms with Gasteiger partial charge in [-0.3, -0.25) is 4.55 Å². The van der Waals surface area contributed by atoms with Crippen molar-refractivity contribution in [3.8, 4) is 5.75 Å². The molecule has 0 saturated carbocycles. The molecule has 0 spiro atoms. The average Bonchev–Trinajstić information content (AvgIpc) is 2.49. The molecule has 1 aromatic rings. The Labute approximate surface area is 196 Å². The standard InChI is InChI=1S/C24H42O6S2/c1-20(2,3)16-14-17(21(4,5)6)19(18(15-16)22(7,8)9)30-32(28,29)24(12,13)23(10,11)31(25,26)27/h14-15H,1-13H3,(H,25,26,27). The highest BCUT2D eigenvalue weighted by Gasteiger charge is 2.57. The van der Waals surface area contributed by atoms with Gasteiger partial charge in [-0.1, -0.05) is 74.4 Å². The van der Waals surface area contributed by atoms with Crippen LogP contribution in [0.2, 0.25) is 0 Å².